The van der Waals surface area contributed by atoms with Crippen molar-refractivity contribution < 1.29 is 5.11 Å². The minimum absolute atomic E-state index is 0.203. The van der Waals surface area contributed by atoms with E-state index in [1.54, 1.807) is 0 Å². The molecule has 0 fully saturated rings. The number of nitrogens with one attached hydrogen (secondary N) is 1. The number of aliphatic hydroxyl groups is 1. The predicted octanol–water partition coefficient (Wildman–Crippen LogP) is 2.28. The normalized spacial score (nSPS) is 22.8. The lowest BCUT2D eigenvalue weighted by molar-refractivity contribution is 0.193. The zero-order chi connectivity index (χ0) is 11.6. The van der Waals surface area contributed by atoms with Crippen LogP contribution in [0.3, 0.4) is 0 Å². The molecule has 0 spiro atoms. The smallest absolute Gasteiger partial charge is 0.0556 e. The molecule has 0 amide bonds. The molecule has 0 aliphatic heterocycles. The van der Waals surface area contributed by atoms with E-state index in [-0.39, 0.29) is 12.0 Å². The second kappa shape index (κ2) is 4.56. The van der Waals surface area contributed by atoms with Crippen LogP contribution in [0.1, 0.15) is 37.4 Å². The number of aryl methyl sites for hydroxylation is 1. The second-order valence-electron chi connectivity index (χ2n) is 5.30. The Morgan fingerprint density at radius 1 is 1.38 bits per heavy atom. The summed E-state index contributed by atoms with van der Waals surface area (Å²) in [5.74, 6) is 0. The van der Waals surface area contributed by atoms with Crippen LogP contribution in [0.5, 0.6) is 0 Å². The van der Waals surface area contributed by atoms with Crippen LogP contribution in [0.25, 0.3) is 0 Å². The Bertz CT molecular complexity index is 360. The van der Waals surface area contributed by atoms with Crippen LogP contribution in [-0.4, -0.2) is 18.3 Å². The summed E-state index contributed by atoms with van der Waals surface area (Å²) in [4.78, 5) is 0. The van der Waals surface area contributed by atoms with Gasteiger partial charge in [0.15, 0.2) is 0 Å². The molecule has 0 saturated heterocycles. The Labute approximate surface area is 97.7 Å². The number of hydrogen-bond acceptors (Lipinski definition) is 2. The Balaban J connectivity index is 2.30. The van der Waals surface area contributed by atoms with Crippen LogP contribution >= 0.6 is 0 Å². The summed E-state index contributed by atoms with van der Waals surface area (Å²) in [5, 5.41) is 12.4. The van der Waals surface area contributed by atoms with Gasteiger partial charge in [-0.3, -0.25) is 0 Å². The fourth-order valence-electron chi connectivity index (χ4n) is 2.66. The molecule has 0 bridgehead atoms. The summed E-state index contributed by atoms with van der Waals surface area (Å²) in [6, 6.07) is 9.02. The SMILES string of the molecule is CC1(C)CCc2ccccc2C1NCCO. The van der Waals surface area contributed by atoms with Crippen molar-refractivity contribution in [3.05, 3.63) is 35.4 Å². The van der Waals surface area contributed by atoms with Gasteiger partial charge < -0.3 is 10.4 Å². The van der Waals surface area contributed by atoms with Gasteiger partial charge in [0.2, 0.25) is 0 Å². The number of benzene rings is 1. The van der Waals surface area contributed by atoms with Crippen LogP contribution in [0.15, 0.2) is 24.3 Å². The van der Waals surface area contributed by atoms with E-state index in [1.165, 1.54) is 24.0 Å². The molecule has 2 N–H and O–H groups in total. The molecule has 1 atom stereocenters. The lowest BCUT2D eigenvalue weighted by atomic mass is 9.70. The first-order valence-electron chi connectivity index (χ1n) is 6.07. The average Bonchev–Trinajstić information content (AvgIpc) is 2.27. The minimum Gasteiger partial charge on any atom is -0.395 e. The number of hydrogen-bond donors (Lipinski definition) is 2. The van der Waals surface area contributed by atoms with Gasteiger partial charge >= 0.3 is 0 Å². The third kappa shape index (κ3) is 2.13. The number of rotatable bonds is 3. The van der Waals surface area contributed by atoms with Crippen molar-refractivity contribution in [3.8, 4) is 0 Å². The lowest BCUT2D eigenvalue weighted by Gasteiger charge is -2.40. The first-order valence-corrected chi connectivity index (χ1v) is 6.07. The molecule has 1 aliphatic carbocycles. The van der Waals surface area contributed by atoms with Crippen LogP contribution in [0, 0.1) is 5.41 Å². The van der Waals surface area contributed by atoms with Gasteiger partial charge in [0.05, 0.1) is 6.61 Å². The highest BCUT2D eigenvalue weighted by Crippen LogP contribution is 2.43. The number of aliphatic hydroxyl groups excluding tert-OH is 1. The van der Waals surface area contributed by atoms with E-state index < -0.39 is 0 Å². The van der Waals surface area contributed by atoms with Gasteiger partial charge in [-0.2, -0.15) is 0 Å². The summed E-state index contributed by atoms with van der Waals surface area (Å²) in [6.45, 7) is 5.48. The van der Waals surface area contributed by atoms with E-state index in [9.17, 15) is 0 Å². The van der Waals surface area contributed by atoms with Gasteiger partial charge in [0, 0.05) is 12.6 Å². The summed E-state index contributed by atoms with van der Waals surface area (Å²) in [6.07, 6.45) is 2.37. The Morgan fingerprint density at radius 3 is 2.88 bits per heavy atom. The Morgan fingerprint density at radius 2 is 2.12 bits per heavy atom. The van der Waals surface area contributed by atoms with Crippen molar-refractivity contribution in [2.75, 3.05) is 13.2 Å². The molecule has 0 heterocycles. The standard InChI is InChI=1S/C14H21NO/c1-14(2)8-7-11-5-3-4-6-12(11)13(14)15-9-10-16/h3-6,13,15-16H,7-10H2,1-2H3. The molecular formula is C14H21NO. The summed E-state index contributed by atoms with van der Waals surface area (Å²) >= 11 is 0. The molecule has 1 aliphatic rings. The van der Waals surface area contributed by atoms with E-state index in [2.05, 4.69) is 43.4 Å². The quantitative estimate of drug-likeness (QED) is 0.817. The minimum atomic E-state index is 0.203. The summed E-state index contributed by atoms with van der Waals surface area (Å²) in [5.41, 5.74) is 3.13. The van der Waals surface area contributed by atoms with E-state index in [1.807, 2.05) is 0 Å². The fourth-order valence-corrected chi connectivity index (χ4v) is 2.66. The van der Waals surface area contributed by atoms with Crippen LogP contribution in [0.2, 0.25) is 0 Å². The van der Waals surface area contributed by atoms with E-state index in [4.69, 9.17) is 5.11 Å². The van der Waals surface area contributed by atoms with Gasteiger partial charge in [-0.15, -0.1) is 0 Å². The highest BCUT2D eigenvalue weighted by atomic mass is 16.3. The maximum atomic E-state index is 8.95. The second-order valence-corrected chi connectivity index (χ2v) is 5.30. The van der Waals surface area contributed by atoms with Crippen molar-refractivity contribution in [2.24, 2.45) is 5.41 Å². The highest BCUT2D eigenvalue weighted by Gasteiger charge is 2.34. The summed E-state index contributed by atoms with van der Waals surface area (Å²) < 4.78 is 0. The Kier molecular flexibility index (Phi) is 3.31. The molecule has 0 aromatic heterocycles. The van der Waals surface area contributed by atoms with Crippen molar-refractivity contribution in [1.29, 1.82) is 0 Å². The van der Waals surface area contributed by atoms with Gasteiger partial charge in [-0.1, -0.05) is 38.1 Å². The van der Waals surface area contributed by atoms with E-state index >= 15 is 0 Å². The Hall–Kier alpha value is -0.860. The van der Waals surface area contributed by atoms with E-state index in [0.717, 1.165) is 0 Å². The molecule has 0 saturated carbocycles. The molecule has 16 heavy (non-hydrogen) atoms. The van der Waals surface area contributed by atoms with Gasteiger partial charge in [-0.05, 0) is 29.4 Å². The van der Waals surface area contributed by atoms with Crippen LogP contribution in [-0.2, 0) is 6.42 Å². The first kappa shape index (κ1) is 11.6. The molecule has 2 rings (SSSR count). The molecule has 0 radical (unpaired) electrons. The molecular weight excluding hydrogens is 198 g/mol. The van der Waals surface area contributed by atoms with Crippen molar-refractivity contribution in [2.45, 2.75) is 32.7 Å². The van der Waals surface area contributed by atoms with Crippen LogP contribution in [0.4, 0.5) is 0 Å². The molecule has 2 nitrogen and oxygen atoms in total. The topological polar surface area (TPSA) is 32.3 Å². The largest absolute Gasteiger partial charge is 0.395 e. The molecule has 88 valence electrons. The molecule has 1 aromatic carbocycles. The zero-order valence-electron chi connectivity index (χ0n) is 10.2. The summed E-state index contributed by atoms with van der Waals surface area (Å²) in [7, 11) is 0. The van der Waals surface area contributed by atoms with Gasteiger partial charge in [0.25, 0.3) is 0 Å². The first-order chi connectivity index (χ1) is 7.65. The number of fused-ring (bicyclic) bond motifs is 1. The van der Waals surface area contributed by atoms with Gasteiger partial charge in [-0.25, -0.2) is 0 Å². The monoisotopic (exact) mass is 219 g/mol. The maximum Gasteiger partial charge on any atom is 0.0556 e. The fraction of sp³-hybridized carbons (Fsp3) is 0.571. The predicted molar refractivity (Wildman–Crippen MR) is 66.4 cm³/mol. The van der Waals surface area contributed by atoms with Crippen LogP contribution < -0.4 is 5.32 Å². The van der Waals surface area contributed by atoms with Crippen molar-refractivity contribution in [3.63, 3.8) is 0 Å². The molecule has 1 unspecified atom stereocenters. The van der Waals surface area contributed by atoms with E-state index in [0.29, 0.717) is 12.6 Å². The van der Waals surface area contributed by atoms with Crippen molar-refractivity contribution in [1.82, 2.24) is 5.32 Å². The zero-order valence-corrected chi connectivity index (χ0v) is 10.2. The third-order valence-electron chi connectivity index (χ3n) is 3.65. The van der Waals surface area contributed by atoms with Gasteiger partial charge in [0.1, 0.15) is 0 Å². The highest BCUT2D eigenvalue weighted by molar-refractivity contribution is 5.34. The lowest BCUT2D eigenvalue weighted by Crippen LogP contribution is -2.39. The third-order valence-corrected chi connectivity index (χ3v) is 3.65. The molecule has 2 heteroatoms. The maximum absolute atomic E-state index is 8.95. The average molecular weight is 219 g/mol. The molecule has 1 aromatic rings. The van der Waals surface area contributed by atoms with Crippen molar-refractivity contribution >= 4 is 0 Å².